The number of ketones is 1. The van der Waals surface area contributed by atoms with Crippen LogP contribution in [0.25, 0.3) is 0 Å². The van der Waals surface area contributed by atoms with E-state index in [0.717, 1.165) is 11.4 Å². The van der Waals surface area contributed by atoms with Gasteiger partial charge in [-0.15, -0.1) is 0 Å². The Morgan fingerprint density at radius 2 is 1.86 bits per heavy atom. The van der Waals surface area contributed by atoms with Crippen LogP contribution in [-0.2, 0) is 0 Å². The van der Waals surface area contributed by atoms with Gasteiger partial charge < -0.3 is 10.1 Å². The van der Waals surface area contributed by atoms with Crippen LogP contribution in [0.2, 0.25) is 0 Å². The molecule has 0 unspecified atom stereocenters. The molecule has 0 spiro atoms. The molecule has 0 aromatic heterocycles. The fraction of sp³-hybridized carbons (Fsp3) is 0.211. The number of carbonyl (C=O) groups is 1. The summed E-state index contributed by atoms with van der Waals surface area (Å²) in [4.78, 5) is 12.1. The van der Waals surface area contributed by atoms with Crippen molar-refractivity contribution in [1.82, 2.24) is 0 Å². The molecule has 0 saturated heterocycles. The Balaban J connectivity index is 2.00. The predicted molar refractivity (Wildman–Crippen MR) is 90.6 cm³/mol. The highest BCUT2D eigenvalue weighted by Gasteiger charge is 2.02. The molecule has 0 fully saturated rings. The van der Waals surface area contributed by atoms with Crippen molar-refractivity contribution in [2.24, 2.45) is 0 Å². The van der Waals surface area contributed by atoms with Gasteiger partial charge in [0.15, 0.2) is 5.78 Å². The van der Waals surface area contributed by atoms with Crippen LogP contribution >= 0.6 is 0 Å². The normalized spacial score (nSPS) is 10.7. The molecular weight excluding hydrogens is 274 g/mol. The van der Waals surface area contributed by atoms with Gasteiger partial charge in [-0.25, -0.2) is 0 Å². The van der Waals surface area contributed by atoms with E-state index in [4.69, 9.17) is 4.74 Å². The Hall–Kier alpha value is -2.55. The van der Waals surface area contributed by atoms with E-state index in [-0.39, 0.29) is 5.78 Å². The van der Waals surface area contributed by atoms with E-state index in [1.807, 2.05) is 31.2 Å². The number of anilines is 1. The molecule has 0 aliphatic carbocycles. The van der Waals surface area contributed by atoms with Crippen molar-refractivity contribution in [2.75, 3.05) is 11.9 Å². The molecule has 0 aliphatic rings. The SMILES string of the molecule is CCOc1ccc(C(=O)/C=C/Nc2cccc(C)c2C)cc1. The van der Waals surface area contributed by atoms with Crippen LogP contribution in [0.3, 0.4) is 0 Å². The smallest absolute Gasteiger partial charge is 0.187 e. The van der Waals surface area contributed by atoms with Gasteiger partial charge in [-0.1, -0.05) is 12.1 Å². The zero-order valence-electron chi connectivity index (χ0n) is 13.2. The average molecular weight is 295 g/mol. The predicted octanol–water partition coefficient (Wildman–Crippen LogP) is 4.51. The first kappa shape index (κ1) is 15.8. The minimum absolute atomic E-state index is 0.0409. The van der Waals surface area contributed by atoms with Crippen LogP contribution in [0.1, 0.15) is 28.4 Å². The lowest BCUT2D eigenvalue weighted by Gasteiger charge is -2.07. The van der Waals surface area contributed by atoms with Crippen LogP contribution < -0.4 is 10.1 Å². The second-order valence-electron chi connectivity index (χ2n) is 5.05. The molecule has 0 heterocycles. The molecule has 0 aliphatic heterocycles. The quantitative estimate of drug-likeness (QED) is 0.629. The lowest BCUT2D eigenvalue weighted by atomic mass is 10.1. The summed E-state index contributed by atoms with van der Waals surface area (Å²) < 4.78 is 5.36. The van der Waals surface area contributed by atoms with Crippen LogP contribution in [-0.4, -0.2) is 12.4 Å². The fourth-order valence-electron chi connectivity index (χ4n) is 2.09. The fourth-order valence-corrected chi connectivity index (χ4v) is 2.09. The van der Waals surface area contributed by atoms with Gasteiger partial charge in [0.05, 0.1) is 6.61 Å². The molecule has 2 aromatic rings. The Bertz CT molecular complexity index is 672. The second-order valence-corrected chi connectivity index (χ2v) is 5.05. The molecule has 3 heteroatoms. The average Bonchev–Trinajstić information content (AvgIpc) is 2.52. The summed E-state index contributed by atoms with van der Waals surface area (Å²) in [5, 5.41) is 3.16. The van der Waals surface area contributed by atoms with E-state index in [2.05, 4.69) is 25.2 Å². The van der Waals surface area contributed by atoms with E-state index < -0.39 is 0 Å². The largest absolute Gasteiger partial charge is 0.494 e. The van der Waals surface area contributed by atoms with Gasteiger partial charge in [-0.3, -0.25) is 4.79 Å². The third-order valence-corrected chi connectivity index (χ3v) is 3.53. The monoisotopic (exact) mass is 295 g/mol. The lowest BCUT2D eigenvalue weighted by molar-refractivity contribution is 0.104. The Morgan fingerprint density at radius 3 is 2.55 bits per heavy atom. The van der Waals surface area contributed by atoms with Gasteiger partial charge in [0.2, 0.25) is 0 Å². The number of aryl methyl sites for hydroxylation is 1. The van der Waals surface area contributed by atoms with Crippen molar-refractivity contribution in [3.05, 3.63) is 71.4 Å². The summed E-state index contributed by atoms with van der Waals surface area (Å²) in [6, 6.07) is 13.2. The molecule has 0 atom stereocenters. The first-order valence-electron chi connectivity index (χ1n) is 7.38. The number of hydrogen-bond acceptors (Lipinski definition) is 3. The number of hydrogen-bond donors (Lipinski definition) is 1. The first-order chi connectivity index (χ1) is 10.6. The molecule has 2 rings (SSSR count). The van der Waals surface area contributed by atoms with Crippen LogP contribution in [0, 0.1) is 13.8 Å². The zero-order chi connectivity index (χ0) is 15.9. The molecule has 0 saturated carbocycles. The number of ether oxygens (including phenoxy) is 1. The minimum atomic E-state index is -0.0409. The summed E-state index contributed by atoms with van der Waals surface area (Å²) in [6.45, 7) is 6.67. The molecule has 1 N–H and O–H groups in total. The van der Waals surface area contributed by atoms with E-state index in [1.54, 1.807) is 18.3 Å². The van der Waals surface area contributed by atoms with Crippen molar-refractivity contribution >= 4 is 11.5 Å². The number of benzene rings is 2. The highest BCUT2D eigenvalue weighted by molar-refractivity contribution is 6.04. The Morgan fingerprint density at radius 1 is 1.14 bits per heavy atom. The number of nitrogens with one attached hydrogen (secondary N) is 1. The third-order valence-electron chi connectivity index (χ3n) is 3.53. The zero-order valence-corrected chi connectivity index (χ0v) is 13.2. The van der Waals surface area contributed by atoms with Gasteiger partial charge in [-0.2, -0.15) is 0 Å². The summed E-state index contributed by atoms with van der Waals surface area (Å²) in [5.41, 5.74) is 4.05. The first-order valence-corrected chi connectivity index (χ1v) is 7.38. The maximum Gasteiger partial charge on any atom is 0.187 e. The minimum Gasteiger partial charge on any atom is -0.494 e. The topological polar surface area (TPSA) is 38.3 Å². The molecule has 0 bridgehead atoms. The molecule has 22 heavy (non-hydrogen) atoms. The van der Waals surface area contributed by atoms with Crippen molar-refractivity contribution < 1.29 is 9.53 Å². The third kappa shape index (κ3) is 3.98. The van der Waals surface area contributed by atoms with Crippen molar-refractivity contribution in [1.29, 1.82) is 0 Å². The molecule has 0 amide bonds. The van der Waals surface area contributed by atoms with Crippen molar-refractivity contribution in [3.8, 4) is 5.75 Å². The Kier molecular flexibility index (Phi) is 5.37. The summed E-state index contributed by atoms with van der Waals surface area (Å²) in [7, 11) is 0. The van der Waals surface area contributed by atoms with E-state index >= 15 is 0 Å². The number of rotatable bonds is 6. The maximum absolute atomic E-state index is 12.1. The van der Waals surface area contributed by atoms with Gasteiger partial charge in [0, 0.05) is 23.5 Å². The van der Waals surface area contributed by atoms with E-state index in [0.29, 0.717) is 12.2 Å². The van der Waals surface area contributed by atoms with Crippen LogP contribution in [0.4, 0.5) is 5.69 Å². The molecule has 3 nitrogen and oxygen atoms in total. The molecule has 2 aromatic carbocycles. The van der Waals surface area contributed by atoms with Crippen LogP contribution in [0.15, 0.2) is 54.7 Å². The van der Waals surface area contributed by atoms with Gasteiger partial charge in [0.25, 0.3) is 0 Å². The van der Waals surface area contributed by atoms with Gasteiger partial charge in [0.1, 0.15) is 5.75 Å². The number of allylic oxidation sites excluding steroid dienone is 1. The summed E-state index contributed by atoms with van der Waals surface area (Å²) >= 11 is 0. The van der Waals surface area contributed by atoms with E-state index in [9.17, 15) is 4.79 Å². The molecule has 114 valence electrons. The van der Waals surface area contributed by atoms with Crippen LogP contribution in [0.5, 0.6) is 5.75 Å². The second kappa shape index (κ2) is 7.46. The van der Waals surface area contributed by atoms with Gasteiger partial charge >= 0.3 is 0 Å². The Labute approximate surface area is 131 Å². The summed E-state index contributed by atoms with van der Waals surface area (Å²) in [6.07, 6.45) is 3.22. The lowest BCUT2D eigenvalue weighted by Crippen LogP contribution is -1.98. The maximum atomic E-state index is 12.1. The number of carbonyl (C=O) groups excluding carboxylic acids is 1. The highest BCUT2D eigenvalue weighted by atomic mass is 16.5. The summed E-state index contributed by atoms with van der Waals surface area (Å²) in [5.74, 6) is 0.734. The van der Waals surface area contributed by atoms with Crippen molar-refractivity contribution in [2.45, 2.75) is 20.8 Å². The highest BCUT2D eigenvalue weighted by Crippen LogP contribution is 2.18. The standard InChI is InChI=1S/C19H21NO2/c1-4-22-17-10-8-16(9-11-17)19(21)12-13-20-18-7-5-6-14(2)15(18)3/h5-13,20H,4H2,1-3H3/b13-12+. The molecular formula is C19H21NO2. The van der Waals surface area contributed by atoms with Crippen molar-refractivity contribution in [3.63, 3.8) is 0 Å². The molecule has 0 radical (unpaired) electrons. The van der Waals surface area contributed by atoms with Gasteiger partial charge in [-0.05, 0) is 62.2 Å². The van der Waals surface area contributed by atoms with E-state index in [1.165, 1.54) is 17.2 Å².